The summed E-state index contributed by atoms with van der Waals surface area (Å²) in [6.07, 6.45) is 0. The Morgan fingerprint density at radius 2 is 0.944 bits per heavy atom. The largest absolute Gasteiger partial charge is 0.494 e. The van der Waals surface area contributed by atoms with E-state index in [4.69, 9.17) is 0 Å². The molecule has 0 radical (unpaired) electrons. The fourth-order valence-electron chi connectivity index (χ4n) is 4.50. The Balaban J connectivity index is 1.33. The molecule has 6 rings (SSSR count). The molecule has 36 heavy (non-hydrogen) atoms. The molecule has 1 amide bonds. The average molecular weight is 598 g/mol. The van der Waals surface area contributed by atoms with Gasteiger partial charge in [-0.15, -0.1) is 0 Å². The number of rotatable bonds is 4. The number of amides is 1. The quantitative estimate of drug-likeness (QED) is 0.219. The van der Waals surface area contributed by atoms with E-state index in [0.29, 0.717) is 22.5 Å². The van der Waals surface area contributed by atoms with E-state index < -0.39 is 0 Å². The first-order chi connectivity index (χ1) is 17.5. The number of aromatic hydroxyl groups is 1. The molecule has 0 fully saturated rings. The van der Waals surface area contributed by atoms with E-state index in [1.807, 2.05) is 97.1 Å². The standard InChI is InChI=1S/C30H18Br2N2O2/c31-23-13-9-19(10-14-23)17-1-5-21(6-2-17)27-25-26(30(36)33-27)28(34-29(25)35)22-7-3-18(4-8-22)20-11-15-24(32)16-12-20/h1-16,33,36H. The van der Waals surface area contributed by atoms with Crippen LogP contribution in [0.5, 0.6) is 5.88 Å². The number of nitrogens with zero attached hydrogens (tertiary/aromatic N) is 1. The van der Waals surface area contributed by atoms with Crippen LogP contribution >= 0.6 is 31.9 Å². The maximum Gasteiger partial charge on any atom is 0.280 e. The van der Waals surface area contributed by atoms with Crippen molar-refractivity contribution >= 4 is 43.5 Å². The van der Waals surface area contributed by atoms with Crippen molar-refractivity contribution in [1.82, 2.24) is 4.98 Å². The maximum absolute atomic E-state index is 13.0. The molecule has 0 saturated heterocycles. The van der Waals surface area contributed by atoms with Gasteiger partial charge in [0.2, 0.25) is 0 Å². The van der Waals surface area contributed by atoms with Gasteiger partial charge in [-0.05, 0) is 52.1 Å². The minimum atomic E-state index is -0.361. The van der Waals surface area contributed by atoms with Crippen LogP contribution in [0.15, 0.2) is 111 Å². The smallest absolute Gasteiger partial charge is 0.280 e. The van der Waals surface area contributed by atoms with Gasteiger partial charge in [0.15, 0.2) is 5.88 Å². The number of aliphatic imine (C=N–C) groups is 1. The summed E-state index contributed by atoms with van der Waals surface area (Å²) in [5, 5.41) is 10.8. The Bertz CT molecular complexity index is 1630. The Hall–Kier alpha value is -3.74. The summed E-state index contributed by atoms with van der Waals surface area (Å²) in [5.41, 5.74) is 7.78. The molecule has 4 aromatic carbocycles. The number of hydrogen-bond acceptors (Lipinski definition) is 2. The minimum Gasteiger partial charge on any atom is -0.494 e. The molecule has 2 heterocycles. The molecule has 0 atom stereocenters. The van der Waals surface area contributed by atoms with Crippen LogP contribution in [0.3, 0.4) is 0 Å². The van der Waals surface area contributed by atoms with Gasteiger partial charge in [-0.1, -0.05) is 105 Å². The van der Waals surface area contributed by atoms with Crippen molar-refractivity contribution in [3.8, 4) is 39.4 Å². The summed E-state index contributed by atoms with van der Waals surface area (Å²) in [4.78, 5) is 20.3. The maximum atomic E-state index is 13.0. The van der Waals surface area contributed by atoms with Gasteiger partial charge in [0.1, 0.15) is 0 Å². The first-order valence-electron chi connectivity index (χ1n) is 11.3. The molecule has 1 aromatic heterocycles. The number of carbonyl (C=O) groups excluding carboxylic acids is 1. The highest BCUT2D eigenvalue weighted by molar-refractivity contribution is 9.10. The number of halogens is 2. The lowest BCUT2D eigenvalue weighted by Crippen LogP contribution is -1.99. The zero-order chi connectivity index (χ0) is 24.8. The highest BCUT2D eigenvalue weighted by Gasteiger charge is 2.33. The van der Waals surface area contributed by atoms with E-state index in [1.165, 1.54) is 0 Å². The molecule has 2 N–H and O–H groups in total. The van der Waals surface area contributed by atoms with Gasteiger partial charge in [0.25, 0.3) is 5.91 Å². The second kappa shape index (κ2) is 9.04. The van der Waals surface area contributed by atoms with Gasteiger partial charge in [-0.3, -0.25) is 4.79 Å². The topological polar surface area (TPSA) is 65.4 Å². The Labute approximate surface area is 224 Å². The molecule has 6 heteroatoms. The zero-order valence-electron chi connectivity index (χ0n) is 18.8. The van der Waals surface area contributed by atoms with Crippen LogP contribution in [0.4, 0.5) is 0 Å². The van der Waals surface area contributed by atoms with Crippen LogP contribution in [0.2, 0.25) is 0 Å². The minimum absolute atomic E-state index is 0.0569. The van der Waals surface area contributed by atoms with Crippen LogP contribution in [0.25, 0.3) is 33.5 Å². The van der Waals surface area contributed by atoms with Crippen LogP contribution in [-0.2, 0) is 0 Å². The monoisotopic (exact) mass is 596 g/mol. The summed E-state index contributed by atoms with van der Waals surface area (Å²) in [5.74, 6) is -0.418. The zero-order valence-corrected chi connectivity index (χ0v) is 22.0. The molecule has 0 spiro atoms. The molecule has 4 nitrogen and oxygen atoms in total. The predicted octanol–water partition coefficient (Wildman–Crippen LogP) is 8.24. The van der Waals surface area contributed by atoms with E-state index >= 15 is 0 Å². The highest BCUT2D eigenvalue weighted by Crippen LogP contribution is 2.38. The molecule has 174 valence electrons. The Morgan fingerprint density at radius 1 is 0.556 bits per heavy atom. The number of fused-ring (bicyclic) bond motifs is 1. The Morgan fingerprint density at radius 3 is 1.42 bits per heavy atom. The molecular formula is C30H18Br2N2O2. The van der Waals surface area contributed by atoms with Crippen LogP contribution in [0, 0.1) is 0 Å². The second-order valence-corrected chi connectivity index (χ2v) is 10.4. The van der Waals surface area contributed by atoms with Crippen LogP contribution in [-0.4, -0.2) is 21.7 Å². The summed E-state index contributed by atoms with van der Waals surface area (Å²) < 4.78 is 2.05. The van der Waals surface area contributed by atoms with E-state index in [-0.39, 0.29) is 11.8 Å². The van der Waals surface area contributed by atoms with Crippen molar-refractivity contribution < 1.29 is 9.90 Å². The third-order valence-electron chi connectivity index (χ3n) is 6.33. The van der Waals surface area contributed by atoms with Gasteiger partial charge < -0.3 is 10.1 Å². The molecule has 0 bridgehead atoms. The molecule has 1 aliphatic heterocycles. The number of hydrogen-bond donors (Lipinski definition) is 2. The summed E-state index contributed by atoms with van der Waals surface area (Å²) >= 11 is 6.92. The lowest BCUT2D eigenvalue weighted by molar-refractivity contribution is 0.101. The normalized spacial score (nSPS) is 12.5. The molecule has 5 aromatic rings. The molecule has 0 saturated carbocycles. The van der Waals surface area contributed by atoms with Crippen molar-refractivity contribution in [2.24, 2.45) is 4.99 Å². The van der Waals surface area contributed by atoms with Crippen LogP contribution < -0.4 is 0 Å². The number of nitrogens with one attached hydrogen (secondary N) is 1. The van der Waals surface area contributed by atoms with E-state index in [9.17, 15) is 9.90 Å². The van der Waals surface area contributed by atoms with Crippen molar-refractivity contribution in [3.63, 3.8) is 0 Å². The predicted molar refractivity (Wildman–Crippen MR) is 151 cm³/mol. The number of benzene rings is 4. The van der Waals surface area contributed by atoms with Gasteiger partial charge in [-0.25, -0.2) is 4.99 Å². The number of carbonyl (C=O) groups is 1. The highest BCUT2D eigenvalue weighted by atomic mass is 79.9. The summed E-state index contributed by atoms with van der Waals surface area (Å²) in [6.45, 7) is 0. The number of H-pyrrole nitrogens is 1. The van der Waals surface area contributed by atoms with E-state index in [0.717, 1.165) is 42.3 Å². The van der Waals surface area contributed by atoms with Crippen LogP contribution in [0.1, 0.15) is 21.5 Å². The first kappa shape index (κ1) is 22.7. The van der Waals surface area contributed by atoms with E-state index in [1.54, 1.807) is 0 Å². The van der Waals surface area contributed by atoms with Crippen molar-refractivity contribution in [3.05, 3.63) is 123 Å². The van der Waals surface area contributed by atoms with E-state index in [2.05, 4.69) is 41.8 Å². The molecular weight excluding hydrogens is 580 g/mol. The lowest BCUT2D eigenvalue weighted by Gasteiger charge is -2.05. The van der Waals surface area contributed by atoms with Gasteiger partial charge in [0, 0.05) is 14.5 Å². The third kappa shape index (κ3) is 4.02. The Kier molecular flexibility index (Phi) is 5.70. The molecule has 0 aliphatic carbocycles. The fourth-order valence-corrected chi connectivity index (χ4v) is 5.03. The van der Waals surface area contributed by atoms with Crippen molar-refractivity contribution in [2.45, 2.75) is 0 Å². The summed E-state index contributed by atoms with van der Waals surface area (Å²) in [7, 11) is 0. The van der Waals surface area contributed by atoms with Gasteiger partial charge in [0.05, 0.1) is 22.5 Å². The lowest BCUT2D eigenvalue weighted by atomic mass is 9.97. The fraction of sp³-hybridized carbons (Fsp3) is 0. The SMILES string of the molecule is O=C1N=C(c2ccc(-c3ccc(Br)cc3)cc2)c2c(O)[nH]c(-c3ccc(-c4ccc(Br)cc4)cc3)c21. The third-order valence-corrected chi connectivity index (χ3v) is 7.39. The molecule has 1 aliphatic rings. The number of aromatic amines is 1. The first-order valence-corrected chi connectivity index (χ1v) is 12.9. The van der Waals surface area contributed by atoms with Crippen molar-refractivity contribution in [2.75, 3.05) is 0 Å². The second-order valence-electron chi connectivity index (χ2n) is 8.53. The molecule has 0 unspecified atom stereocenters. The van der Waals surface area contributed by atoms with Crippen molar-refractivity contribution in [1.29, 1.82) is 0 Å². The summed E-state index contributed by atoms with van der Waals surface area (Å²) in [6, 6.07) is 31.9. The number of aromatic nitrogens is 1. The van der Waals surface area contributed by atoms with Gasteiger partial charge in [-0.2, -0.15) is 0 Å². The van der Waals surface area contributed by atoms with Gasteiger partial charge >= 0.3 is 0 Å². The average Bonchev–Trinajstić information content (AvgIpc) is 3.43.